The molecule has 0 bridgehead atoms. The summed E-state index contributed by atoms with van der Waals surface area (Å²) in [6.45, 7) is 14.3. The topological polar surface area (TPSA) is 94.1 Å². The van der Waals surface area contributed by atoms with Gasteiger partial charge in [-0.15, -0.1) is 24.0 Å². The zero-order valence-electron chi connectivity index (χ0n) is 20.1. The van der Waals surface area contributed by atoms with E-state index in [1.807, 2.05) is 33.9 Å². The van der Waals surface area contributed by atoms with E-state index in [9.17, 15) is 4.79 Å². The van der Waals surface area contributed by atoms with Gasteiger partial charge in [0.2, 0.25) is 0 Å². The molecular weight excluding hydrogens is 521 g/mol. The third-order valence-electron chi connectivity index (χ3n) is 4.71. The van der Waals surface area contributed by atoms with Gasteiger partial charge in [-0.2, -0.15) is 0 Å². The number of alkyl carbamates (subject to hydrolysis) is 1. The molecule has 1 amide bonds. The van der Waals surface area contributed by atoms with Crippen LogP contribution in [-0.2, 0) is 11.3 Å². The molecule has 2 rings (SSSR count). The summed E-state index contributed by atoms with van der Waals surface area (Å²) < 4.78 is 5.23. The van der Waals surface area contributed by atoms with Crippen molar-refractivity contribution >= 4 is 41.8 Å². The minimum Gasteiger partial charge on any atom is -0.444 e. The second-order valence-corrected chi connectivity index (χ2v) is 8.72. The number of nitrogens with one attached hydrogen (secondary N) is 3. The van der Waals surface area contributed by atoms with Crippen molar-refractivity contribution in [2.45, 2.75) is 46.3 Å². The fraction of sp³-hybridized carbons (Fsp3) is 0.682. The summed E-state index contributed by atoms with van der Waals surface area (Å²) in [5, 5.41) is 9.30. The first-order valence-electron chi connectivity index (χ1n) is 11.1. The number of ether oxygens (including phenoxy) is 1. The number of amides is 1. The standard InChI is InChI=1S/C22H39N7O2.HI/c1-6-23-20(24-10-7-11-25-21(30)31-22(2,3)4)27-17-18-8-9-19(26-16-18)29-14-12-28(5)13-15-29;/h8-9,16H,6-7,10-15,17H2,1-5H3,(H,25,30)(H2,23,24,27);1H. The first-order chi connectivity index (χ1) is 14.8. The van der Waals surface area contributed by atoms with E-state index in [-0.39, 0.29) is 30.1 Å². The van der Waals surface area contributed by atoms with Crippen molar-refractivity contribution < 1.29 is 9.53 Å². The van der Waals surface area contributed by atoms with Crippen LogP contribution in [0.4, 0.5) is 10.6 Å². The van der Waals surface area contributed by atoms with Crippen LogP contribution in [0.1, 0.15) is 39.7 Å². The van der Waals surface area contributed by atoms with Gasteiger partial charge >= 0.3 is 6.09 Å². The van der Waals surface area contributed by atoms with Crippen LogP contribution in [0.15, 0.2) is 23.3 Å². The molecule has 0 spiro atoms. The van der Waals surface area contributed by atoms with Gasteiger partial charge in [0.15, 0.2) is 5.96 Å². The molecule has 1 aromatic heterocycles. The minimum absolute atomic E-state index is 0. The maximum Gasteiger partial charge on any atom is 0.407 e. The lowest BCUT2D eigenvalue weighted by Gasteiger charge is -2.33. The third-order valence-corrected chi connectivity index (χ3v) is 4.71. The van der Waals surface area contributed by atoms with Gasteiger partial charge in [0.25, 0.3) is 0 Å². The molecular formula is C22H40IN7O2. The predicted octanol–water partition coefficient (Wildman–Crippen LogP) is 2.42. The Balaban J connectivity index is 0.00000512. The van der Waals surface area contributed by atoms with Crippen LogP contribution in [0.25, 0.3) is 0 Å². The van der Waals surface area contributed by atoms with Crippen LogP contribution >= 0.6 is 24.0 Å². The number of likely N-dealkylation sites (N-methyl/N-ethyl adjacent to an activating group) is 1. The molecule has 0 saturated carbocycles. The summed E-state index contributed by atoms with van der Waals surface area (Å²) >= 11 is 0. The maximum absolute atomic E-state index is 11.7. The van der Waals surface area contributed by atoms with Crippen molar-refractivity contribution in [2.24, 2.45) is 4.99 Å². The highest BCUT2D eigenvalue weighted by molar-refractivity contribution is 14.0. The van der Waals surface area contributed by atoms with Gasteiger partial charge in [-0.25, -0.2) is 14.8 Å². The number of aliphatic imine (C=N–C) groups is 1. The van der Waals surface area contributed by atoms with Gasteiger partial charge in [0.1, 0.15) is 11.4 Å². The number of aromatic nitrogens is 1. The van der Waals surface area contributed by atoms with E-state index in [1.165, 1.54) is 0 Å². The van der Waals surface area contributed by atoms with Crippen LogP contribution in [0.5, 0.6) is 0 Å². The van der Waals surface area contributed by atoms with Crippen LogP contribution in [0.2, 0.25) is 0 Å². The number of hydrogen-bond donors (Lipinski definition) is 3. The van der Waals surface area contributed by atoms with Crippen molar-refractivity contribution in [3.63, 3.8) is 0 Å². The van der Waals surface area contributed by atoms with E-state index in [2.05, 4.69) is 54.9 Å². The maximum atomic E-state index is 11.7. The molecule has 0 unspecified atom stereocenters. The number of anilines is 1. The van der Waals surface area contributed by atoms with Gasteiger partial charge in [0, 0.05) is 52.0 Å². The number of rotatable bonds is 8. The highest BCUT2D eigenvalue weighted by Crippen LogP contribution is 2.14. The molecule has 9 nitrogen and oxygen atoms in total. The number of pyridine rings is 1. The van der Waals surface area contributed by atoms with Crippen molar-refractivity contribution in [3.8, 4) is 0 Å². The highest BCUT2D eigenvalue weighted by Gasteiger charge is 2.16. The van der Waals surface area contributed by atoms with Crippen LogP contribution in [0.3, 0.4) is 0 Å². The monoisotopic (exact) mass is 561 g/mol. The lowest BCUT2D eigenvalue weighted by Crippen LogP contribution is -2.44. The molecule has 1 aliphatic heterocycles. The van der Waals surface area contributed by atoms with E-state index in [0.29, 0.717) is 19.6 Å². The largest absolute Gasteiger partial charge is 0.444 e. The predicted molar refractivity (Wildman–Crippen MR) is 141 cm³/mol. The molecule has 10 heteroatoms. The average molecular weight is 562 g/mol. The number of halogens is 1. The molecule has 0 aromatic carbocycles. The van der Waals surface area contributed by atoms with E-state index >= 15 is 0 Å². The molecule has 0 atom stereocenters. The summed E-state index contributed by atoms with van der Waals surface area (Å²) in [6, 6.07) is 4.18. The third kappa shape index (κ3) is 11.2. The van der Waals surface area contributed by atoms with Gasteiger partial charge in [0.05, 0.1) is 6.54 Å². The summed E-state index contributed by atoms with van der Waals surface area (Å²) in [4.78, 5) is 25.6. The van der Waals surface area contributed by atoms with E-state index in [1.54, 1.807) is 0 Å². The molecule has 1 aromatic rings. The minimum atomic E-state index is -0.481. The lowest BCUT2D eigenvalue weighted by molar-refractivity contribution is 0.0527. The highest BCUT2D eigenvalue weighted by atomic mass is 127. The first kappa shape index (κ1) is 28.2. The van der Waals surface area contributed by atoms with Crippen molar-refractivity contribution in [1.29, 1.82) is 0 Å². The first-order valence-corrected chi connectivity index (χ1v) is 11.1. The summed E-state index contributed by atoms with van der Waals surface area (Å²) in [5.41, 5.74) is 0.590. The molecule has 32 heavy (non-hydrogen) atoms. The molecule has 1 aliphatic rings. The normalized spacial score (nSPS) is 15.0. The van der Waals surface area contributed by atoms with Gasteiger partial charge in [-0.3, -0.25) is 0 Å². The molecule has 182 valence electrons. The fourth-order valence-electron chi connectivity index (χ4n) is 3.04. The molecule has 1 saturated heterocycles. The zero-order chi connectivity index (χ0) is 22.7. The van der Waals surface area contributed by atoms with Crippen molar-refractivity contribution in [2.75, 3.05) is 57.8 Å². The van der Waals surface area contributed by atoms with E-state index in [0.717, 1.165) is 56.5 Å². The number of hydrogen-bond acceptors (Lipinski definition) is 6. The Kier molecular flexibility index (Phi) is 12.7. The van der Waals surface area contributed by atoms with Crippen LogP contribution in [0, 0.1) is 0 Å². The van der Waals surface area contributed by atoms with Gasteiger partial charge in [-0.05, 0) is 52.8 Å². The van der Waals surface area contributed by atoms with Gasteiger partial charge < -0.3 is 30.5 Å². The SMILES string of the molecule is CCNC(=NCc1ccc(N2CCN(C)CC2)nc1)NCCCNC(=O)OC(C)(C)C.I. The molecule has 0 radical (unpaired) electrons. The second-order valence-electron chi connectivity index (χ2n) is 8.72. The van der Waals surface area contributed by atoms with Crippen LogP contribution in [-0.4, -0.2) is 80.4 Å². The number of carbonyl (C=O) groups excluding carboxylic acids is 1. The molecule has 3 N–H and O–H groups in total. The Labute approximate surface area is 209 Å². The average Bonchev–Trinajstić information content (AvgIpc) is 2.71. The number of piperazine rings is 1. The summed E-state index contributed by atoms with van der Waals surface area (Å²) in [5.74, 6) is 1.78. The Hall–Kier alpha value is -1.82. The van der Waals surface area contributed by atoms with Gasteiger partial charge in [-0.1, -0.05) is 6.07 Å². The van der Waals surface area contributed by atoms with E-state index in [4.69, 9.17) is 4.74 Å². The molecule has 0 aliphatic carbocycles. The zero-order valence-corrected chi connectivity index (χ0v) is 22.4. The number of nitrogens with zero attached hydrogens (tertiary/aromatic N) is 4. The fourth-order valence-corrected chi connectivity index (χ4v) is 3.04. The Morgan fingerprint density at radius 1 is 1.12 bits per heavy atom. The lowest BCUT2D eigenvalue weighted by atomic mass is 10.2. The second kappa shape index (κ2) is 14.4. The molecule has 1 fully saturated rings. The van der Waals surface area contributed by atoms with E-state index < -0.39 is 5.60 Å². The van der Waals surface area contributed by atoms with Crippen molar-refractivity contribution in [3.05, 3.63) is 23.9 Å². The Bertz CT molecular complexity index is 699. The number of guanidine groups is 1. The Morgan fingerprint density at radius 2 is 1.81 bits per heavy atom. The molecule has 2 heterocycles. The van der Waals surface area contributed by atoms with Crippen molar-refractivity contribution in [1.82, 2.24) is 25.8 Å². The van der Waals surface area contributed by atoms with Crippen LogP contribution < -0.4 is 20.9 Å². The summed E-state index contributed by atoms with van der Waals surface area (Å²) in [7, 11) is 2.15. The Morgan fingerprint density at radius 3 is 2.41 bits per heavy atom. The quantitative estimate of drug-likeness (QED) is 0.194. The smallest absolute Gasteiger partial charge is 0.407 e. The summed E-state index contributed by atoms with van der Waals surface area (Å²) in [6.07, 6.45) is 2.29. The number of carbonyl (C=O) groups is 1.